The SMILES string of the molecule is NC(=O)c1cccc(CN2CCC(CC(=O)O)CC2)c1. The molecule has 20 heavy (non-hydrogen) atoms. The number of rotatable bonds is 5. The monoisotopic (exact) mass is 276 g/mol. The zero-order valence-corrected chi connectivity index (χ0v) is 11.4. The van der Waals surface area contributed by atoms with Gasteiger partial charge in [0.15, 0.2) is 0 Å². The van der Waals surface area contributed by atoms with Crippen LogP contribution in [-0.2, 0) is 11.3 Å². The van der Waals surface area contributed by atoms with Crippen molar-refractivity contribution in [3.63, 3.8) is 0 Å². The second-order valence-corrected chi connectivity index (χ2v) is 5.38. The molecule has 0 spiro atoms. The molecule has 0 bridgehead atoms. The van der Waals surface area contributed by atoms with Crippen LogP contribution in [-0.4, -0.2) is 35.0 Å². The van der Waals surface area contributed by atoms with Crippen LogP contribution < -0.4 is 5.73 Å². The predicted molar refractivity (Wildman–Crippen MR) is 75.2 cm³/mol. The minimum atomic E-state index is -0.711. The molecule has 1 saturated heterocycles. The van der Waals surface area contributed by atoms with E-state index in [1.165, 1.54) is 0 Å². The largest absolute Gasteiger partial charge is 0.481 e. The lowest BCUT2D eigenvalue weighted by Crippen LogP contribution is -2.34. The van der Waals surface area contributed by atoms with Crippen molar-refractivity contribution in [1.29, 1.82) is 0 Å². The molecule has 1 aromatic rings. The number of primary amides is 1. The van der Waals surface area contributed by atoms with Crippen LogP contribution in [0.15, 0.2) is 24.3 Å². The molecule has 3 N–H and O–H groups in total. The molecule has 1 heterocycles. The fraction of sp³-hybridized carbons (Fsp3) is 0.467. The number of hydrogen-bond donors (Lipinski definition) is 2. The standard InChI is InChI=1S/C15H20N2O3/c16-15(20)13-3-1-2-12(8-13)10-17-6-4-11(5-7-17)9-14(18)19/h1-3,8,11H,4-7,9-10H2,(H2,16,20)(H,18,19). The minimum absolute atomic E-state index is 0.269. The first-order valence-electron chi connectivity index (χ1n) is 6.87. The molecule has 0 atom stereocenters. The highest BCUT2D eigenvalue weighted by Crippen LogP contribution is 2.21. The summed E-state index contributed by atoms with van der Waals surface area (Å²) in [6, 6.07) is 7.36. The van der Waals surface area contributed by atoms with E-state index in [4.69, 9.17) is 10.8 Å². The zero-order chi connectivity index (χ0) is 14.5. The molecular weight excluding hydrogens is 256 g/mol. The topological polar surface area (TPSA) is 83.6 Å². The van der Waals surface area contributed by atoms with Crippen LogP contribution in [0.4, 0.5) is 0 Å². The maximum absolute atomic E-state index is 11.1. The van der Waals surface area contributed by atoms with E-state index >= 15 is 0 Å². The number of likely N-dealkylation sites (tertiary alicyclic amines) is 1. The zero-order valence-electron chi connectivity index (χ0n) is 11.4. The van der Waals surface area contributed by atoms with Gasteiger partial charge in [-0.25, -0.2) is 0 Å². The van der Waals surface area contributed by atoms with Crippen molar-refractivity contribution in [2.24, 2.45) is 11.7 Å². The van der Waals surface area contributed by atoms with E-state index in [9.17, 15) is 9.59 Å². The minimum Gasteiger partial charge on any atom is -0.481 e. The van der Waals surface area contributed by atoms with E-state index in [2.05, 4.69) is 4.90 Å². The van der Waals surface area contributed by atoms with E-state index in [-0.39, 0.29) is 6.42 Å². The van der Waals surface area contributed by atoms with Crippen LogP contribution in [0.25, 0.3) is 0 Å². The van der Waals surface area contributed by atoms with Gasteiger partial charge in [-0.15, -0.1) is 0 Å². The molecule has 108 valence electrons. The average molecular weight is 276 g/mol. The molecule has 0 radical (unpaired) electrons. The Labute approximate surface area is 118 Å². The van der Waals surface area contributed by atoms with Crippen molar-refractivity contribution in [3.05, 3.63) is 35.4 Å². The van der Waals surface area contributed by atoms with Gasteiger partial charge in [0.25, 0.3) is 0 Å². The van der Waals surface area contributed by atoms with Crippen molar-refractivity contribution < 1.29 is 14.7 Å². The van der Waals surface area contributed by atoms with Gasteiger partial charge in [-0.2, -0.15) is 0 Å². The number of aliphatic carboxylic acids is 1. The number of carboxylic acids is 1. The van der Waals surface area contributed by atoms with Crippen molar-refractivity contribution in [3.8, 4) is 0 Å². The molecule has 1 fully saturated rings. The molecule has 1 aliphatic heterocycles. The lowest BCUT2D eigenvalue weighted by molar-refractivity contribution is -0.138. The van der Waals surface area contributed by atoms with E-state index in [1.54, 1.807) is 6.07 Å². The summed E-state index contributed by atoms with van der Waals surface area (Å²) in [4.78, 5) is 24.1. The van der Waals surface area contributed by atoms with Gasteiger partial charge >= 0.3 is 5.97 Å². The lowest BCUT2D eigenvalue weighted by atomic mass is 9.93. The predicted octanol–water partition coefficient (Wildman–Crippen LogP) is 1.47. The summed E-state index contributed by atoms with van der Waals surface area (Å²) in [5, 5.41) is 8.79. The Balaban J connectivity index is 1.88. The Hall–Kier alpha value is -1.88. The summed E-state index contributed by atoms with van der Waals surface area (Å²) in [6.07, 6.45) is 2.11. The highest BCUT2D eigenvalue weighted by Gasteiger charge is 2.21. The average Bonchev–Trinajstić information content (AvgIpc) is 2.41. The number of hydrogen-bond acceptors (Lipinski definition) is 3. The molecule has 0 saturated carbocycles. The van der Waals surface area contributed by atoms with Crippen molar-refractivity contribution in [2.45, 2.75) is 25.8 Å². The molecule has 1 amide bonds. The van der Waals surface area contributed by atoms with Gasteiger partial charge in [0.2, 0.25) is 5.91 Å². The number of carbonyl (C=O) groups is 2. The van der Waals surface area contributed by atoms with Crippen LogP contribution in [0, 0.1) is 5.92 Å². The third kappa shape index (κ3) is 4.06. The Morgan fingerprint density at radius 3 is 2.60 bits per heavy atom. The van der Waals surface area contributed by atoms with Crippen LogP contribution in [0.1, 0.15) is 35.2 Å². The van der Waals surface area contributed by atoms with Gasteiger partial charge in [-0.1, -0.05) is 12.1 Å². The smallest absolute Gasteiger partial charge is 0.303 e. The fourth-order valence-corrected chi connectivity index (χ4v) is 2.68. The number of nitrogens with zero attached hydrogens (tertiary/aromatic N) is 1. The normalized spacial score (nSPS) is 17.0. The molecule has 1 aliphatic rings. The molecular formula is C15H20N2O3. The molecule has 5 nitrogen and oxygen atoms in total. The maximum atomic E-state index is 11.1. The number of benzene rings is 1. The molecule has 0 aromatic heterocycles. The van der Waals surface area contributed by atoms with Crippen LogP contribution in [0.5, 0.6) is 0 Å². The third-order valence-electron chi connectivity index (χ3n) is 3.79. The van der Waals surface area contributed by atoms with Crippen LogP contribution in [0.2, 0.25) is 0 Å². The van der Waals surface area contributed by atoms with E-state index in [0.717, 1.165) is 38.0 Å². The Bertz CT molecular complexity index is 494. The number of nitrogens with two attached hydrogens (primary N) is 1. The van der Waals surface area contributed by atoms with Gasteiger partial charge in [0.05, 0.1) is 0 Å². The van der Waals surface area contributed by atoms with Crippen LogP contribution in [0.3, 0.4) is 0 Å². The second-order valence-electron chi connectivity index (χ2n) is 5.38. The highest BCUT2D eigenvalue weighted by molar-refractivity contribution is 5.92. The Morgan fingerprint density at radius 2 is 2.00 bits per heavy atom. The Kier molecular flexibility index (Phi) is 4.74. The third-order valence-corrected chi connectivity index (χ3v) is 3.79. The summed E-state index contributed by atoms with van der Waals surface area (Å²) in [6.45, 7) is 2.58. The first kappa shape index (κ1) is 14.5. The van der Waals surface area contributed by atoms with E-state index < -0.39 is 11.9 Å². The molecule has 5 heteroatoms. The number of carboxylic acid groups (broad SMARTS) is 1. The van der Waals surface area contributed by atoms with Crippen molar-refractivity contribution >= 4 is 11.9 Å². The van der Waals surface area contributed by atoms with E-state index in [0.29, 0.717) is 11.5 Å². The lowest BCUT2D eigenvalue weighted by Gasteiger charge is -2.31. The molecule has 0 aliphatic carbocycles. The summed E-state index contributed by atoms with van der Waals surface area (Å²) >= 11 is 0. The Morgan fingerprint density at radius 1 is 1.30 bits per heavy atom. The molecule has 0 unspecified atom stereocenters. The number of carbonyl (C=O) groups excluding carboxylic acids is 1. The van der Waals surface area contributed by atoms with Gasteiger partial charge in [0, 0.05) is 18.5 Å². The van der Waals surface area contributed by atoms with Gasteiger partial charge in [-0.05, 0) is 49.5 Å². The quantitative estimate of drug-likeness (QED) is 0.853. The molecule has 2 rings (SSSR count). The highest BCUT2D eigenvalue weighted by atomic mass is 16.4. The first-order chi connectivity index (χ1) is 9.54. The van der Waals surface area contributed by atoms with E-state index in [1.807, 2.05) is 18.2 Å². The maximum Gasteiger partial charge on any atom is 0.303 e. The van der Waals surface area contributed by atoms with Gasteiger partial charge in [0.1, 0.15) is 0 Å². The summed E-state index contributed by atoms with van der Waals surface area (Å²) in [5.74, 6) is -0.828. The molecule has 1 aromatic carbocycles. The van der Waals surface area contributed by atoms with Gasteiger partial charge < -0.3 is 10.8 Å². The fourth-order valence-electron chi connectivity index (χ4n) is 2.68. The van der Waals surface area contributed by atoms with Gasteiger partial charge in [-0.3, -0.25) is 14.5 Å². The summed E-state index contributed by atoms with van der Waals surface area (Å²) < 4.78 is 0. The first-order valence-corrected chi connectivity index (χ1v) is 6.87. The summed E-state index contributed by atoms with van der Waals surface area (Å²) in [5.41, 5.74) is 6.87. The summed E-state index contributed by atoms with van der Waals surface area (Å²) in [7, 11) is 0. The van der Waals surface area contributed by atoms with Crippen LogP contribution >= 0.6 is 0 Å². The number of piperidine rings is 1. The van der Waals surface area contributed by atoms with Crippen molar-refractivity contribution in [1.82, 2.24) is 4.90 Å². The second kappa shape index (κ2) is 6.52. The number of amides is 1. The van der Waals surface area contributed by atoms with Crippen molar-refractivity contribution in [2.75, 3.05) is 13.1 Å².